The van der Waals surface area contributed by atoms with Crippen molar-refractivity contribution >= 4 is 64.9 Å². The predicted octanol–water partition coefficient (Wildman–Crippen LogP) is 3.88. The van der Waals surface area contributed by atoms with Crippen LogP contribution in [-0.2, 0) is 70.5 Å². The molecule has 88 heavy (non-hydrogen) atoms. The number of likely N-dealkylation sites (N-methyl/N-ethyl adjacent to an activating group) is 2. The molecule has 25 heteroatoms. The third-order valence-electron chi connectivity index (χ3n) is 16.2. The number of nitrogens with zero attached hydrogens (tertiary/aromatic N) is 3. The number of nitrogens with two attached hydrogens (primary N) is 1. The van der Waals surface area contributed by atoms with Gasteiger partial charge >= 0.3 is 12.0 Å². The van der Waals surface area contributed by atoms with Gasteiger partial charge in [-0.1, -0.05) is 111 Å². The summed E-state index contributed by atoms with van der Waals surface area (Å²) in [6.07, 6.45) is 0.475. The standard InChI is InChI=1S/C63H101N11O14/c1-15-40(8)55(73(12)62(84)53(38(4)5)70-61(83)54(39(6)7)72(10)11)48(86-13)35-50(76)74-33-21-25-47(74)56(87-14)41(9)57(79)68-46(34-42-22-17-16-18-23-42)59(81)71-88-36-43-28-30-44(31-29-43)66-58(80)45(24-20-32-65-63(64)85)67-60(82)52(37(2)3)69-49(75)26-19-27-51(77)78/h16-18,22-23,28-31,37-41,45-48,52-56H,15,19-21,24-27,32-36H2,1-14H3,(H,66,80)(H,67,82)(H,68,79)(H,69,75)(H,70,83)(H,71,81)(H,77,78)(H3,64,65,85)/t40-,41+,45+,46-,47-,48+,52?,53-,54?,55-,56+/m0/s1. The lowest BCUT2D eigenvalue weighted by Gasteiger charge is -2.41. The van der Waals surface area contributed by atoms with E-state index in [9.17, 15) is 47.9 Å². The van der Waals surface area contributed by atoms with Crippen LogP contribution < -0.4 is 43.1 Å². The normalized spacial score (nSPS) is 16.7. The molecular formula is C63H101N11O14. The molecule has 10 amide bonds. The zero-order valence-electron chi connectivity index (χ0n) is 54.1. The van der Waals surface area contributed by atoms with Crippen molar-refractivity contribution in [3.05, 3.63) is 65.7 Å². The molecule has 492 valence electrons. The van der Waals surface area contributed by atoms with Crippen molar-refractivity contribution in [1.29, 1.82) is 0 Å². The first-order chi connectivity index (χ1) is 41.6. The number of hydrogen-bond acceptors (Lipinski definition) is 14. The molecule has 1 fully saturated rings. The Labute approximate surface area is 519 Å². The van der Waals surface area contributed by atoms with Gasteiger partial charge in [-0.15, -0.1) is 0 Å². The van der Waals surface area contributed by atoms with Crippen molar-refractivity contribution in [2.45, 2.75) is 188 Å². The molecule has 25 nitrogen and oxygen atoms in total. The summed E-state index contributed by atoms with van der Waals surface area (Å²) in [6.45, 7) is 17.2. The Balaban J connectivity index is 1.74. The van der Waals surface area contributed by atoms with Crippen LogP contribution in [0.4, 0.5) is 10.5 Å². The van der Waals surface area contributed by atoms with Gasteiger partial charge in [0.25, 0.3) is 5.91 Å². The molecular weight excluding hydrogens is 1130 g/mol. The number of likely N-dealkylation sites (tertiary alicyclic amines) is 1. The number of anilines is 1. The lowest BCUT2D eigenvalue weighted by atomic mass is 9.89. The first-order valence-electron chi connectivity index (χ1n) is 30.7. The number of rotatable bonds is 38. The van der Waals surface area contributed by atoms with Gasteiger partial charge in [0.05, 0.1) is 49.3 Å². The summed E-state index contributed by atoms with van der Waals surface area (Å²) in [6, 6.07) is 9.24. The van der Waals surface area contributed by atoms with E-state index in [-0.39, 0.29) is 93.6 Å². The maximum absolute atomic E-state index is 14.6. The monoisotopic (exact) mass is 1240 g/mol. The minimum atomic E-state index is -1.11. The van der Waals surface area contributed by atoms with E-state index >= 15 is 0 Å². The second-order valence-electron chi connectivity index (χ2n) is 24.2. The number of hydroxylamine groups is 1. The van der Waals surface area contributed by atoms with Crippen LogP contribution in [0.1, 0.15) is 131 Å². The largest absolute Gasteiger partial charge is 0.481 e. The van der Waals surface area contributed by atoms with Gasteiger partial charge in [0.15, 0.2) is 0 Å². The van der Waals surface area contributed by atoms with Gasteiger partial charge in [-0.25, -0.2) is 10.3 Å². The van der Waals surface area contributed by atoms with E-state index in [0.29, 0.717) is 37.1 Å². The van der Waals surface area contributed by atoms with Crippen molar-refractivity contribution in [3.8, 4) is 0 Å². The number of benzene rings is 2. The number of nitrogens with one attached hydrogen (secondary N) is 7. The van der Waals surface area contributed by atoms with Crippen LogP contribution in [0.5, 0.6) is 0 Å². The summed E-state index contributed by atoms with van der Waals surface area (Å²) in [5, 5.41) is 25.5. The predicted molar refractivity (Wildman–Crippen MR) is 332 cm³/mol. The highest BCUT2D eigenvalue weighted by atomic mass is 16.7. The zero-order valence-corrected chi connectivity index (χ0v) is 54.1. The van der Waals surface area contributed by atoms with Gasteiger partial charge < -0.3 is 62.0 Å². The number of hydrogen-bond donors (Lipinski definition) is 9. The first-order valence-corrected chi connectivity index (χ1v) is 30.7. The fourth-order valence-electron chi connectivity index (χ4n) is 11.2. The molecule has 0 radical (unpaired) electrons. The average molecular weight is 1240 g/mol. The number of carboxylic acids is 1. The number of methoxy groups -OCH3 is 2. The van der Waals surface area contributed by atoms with Crippen molar-refractivity contribution in [3.63, 3.8) is 0 Å². The molecule has 1 aliphatic heterocycles. The van der Waals surface area contributed by atoms with E-state index in [4.69, 9.17) is 25.2 Å². The van der Waals surface area contributed by atoms with Crippen LogP contribution in [-0.4, -0.2) is 182 Å². The quantitative estimate of drug-likeness (QED) is 0.0340. The molecule has 2 aromatic carbocycles. The molecule has 0 aromatic heterocycles. The Morgan fingerprint density at radius 1 is 0.705 bits per heavy atom. The molecule has 11 atom stereocenters. The summed E-state index contributed by atoms with van der Waals surface area (Å²) < 4.78 is 12.1. The van der Waals surface area contributed by atoms with Crippen LogP contribution >= 0.6 is 0 Å². The number of carboxylic acid groups (broad SMARTS) is 1. The molecule has 0 spiro atoms. The highest BCUT2D eigenvalue weighted by Crippen LogP contribution is 2.30. The summed E-state index contributed by atoms with van der Waals surface area (Å²) in [5.74, 6) is -6.30. The highest BCUT2D eigenvalue weighted by molar-refractivity contribution is 5.98. The lowest BCUT2D eigenvalue weighted by molar-refractivity contribution is -0.148. The van der Waals surface area contributed by atoms with Crippen molar-refractivity contribution in [1.82, 2.24) is 46.8 Å². The molecule has 1 heterocycles. The molecule has 0 saturated carbocycles. The van der Waals surface area contributed by atoms with E-state index in [1.165, 1.54) is 14.2 Å². The average Bonchev–Trinajstić information content (AvgIpc) is 4.20. The van der Waals surface area contributed by atoms with Gasteiger partial charge in [0.2, 0.25) is 41.4 Å². The van der Waals surface area contributed by atoms with E-state index in [0.717, 1.165) is 5.56 Å². The Bertz CT molecular complexity index is 2580. The fourth-order valence-corrected chi connectivity index (χ4v) is 11.2. The Hall–Kier alpha value is -7.22. The van der Waals surface area contributed by atoms with Gasteiger partial charge in [0, 0.05) is 59.3 Å². The fraction of sp³-hybridized carbons (Fsp3) is 0.651. The summed E-state index contributed by atoms with van der Waals surface area (Å²) >= 11 is 0. The van der Waals surface area contributed by atoms with Gasteiger partial charge in [-0.2, -0.15) is 0 Å². The number of amides is 10. The Kier molecular flexibility index (Phi) is 32.0. The number of aliphatic carboxylic acids is 1. The topological polar surface area (TPSA) is 339 Å². The van der Waals surface area contributed by atoms with Crippen LogP contribution in [0.2, 0.25) is 0 Å². The number of carbonyl (C=O) groups excluding carboxylic acids is 9. The van der Waals surface area contributed by atoms with Crippen LogP contribution in [0.15, 0.2) is 54.6 Å². The van der Waals surface area contributed by atoms with Crippen LogP contribution in [0, 0.1) is 29.6 Å². The molecule has 2 aromatic rings. The maximum Gasteiger partial charge on any atom is 0.312 e. The van der Waals surface area contributed by atoms with Crippen molar-refractivity contribution in [2.24, 2.45) is 35.3 Å². The summed E-state index contributed by atoms with van der Waals surface area (Å²) in [5.41, 5.74) is 9.38. The SMILES string of the molecule is CC[C@H](C)[C@@H]([C@@H](CC(=O)N1CCC[C@H]1[C@H](OC)[C@@H](C)C(=O)N[C@@H](Cc1ccccc1)C(=O)NOCc1ccc(NC(=O)[C@@H](CCCNC(N)=O)NC(=O)C(NC(=O)CCCC(=O)O)C(C)C)cc1)OC)N(C)C(=O)[C@@H](NC(=O)C(C(C)C)N(C)C)C(C)C. The van der Waals surface area contributed by atoms with Crippen molar-refractivity contribution < 1.29 is 67.4 Å². The number of primary amides is 1. The number of ether oxygens (including phenoxy) is 2. The summed E-state index contributed by atoms with van der Waals surface area (Å²) in [4.78, 5) is 144. The van der Waals surface area contributed by atoms with Gasteiger partial charge in [-0.3, -0.25) is 52.9 Å². The minimum Gasteiger partial charge on any atom is -0.481 e. The maximum atomic E-state index is 14.6. The van der Waals surface area contributed by atoms with E-state index < -0.39 is 108 Å². The molecule has 0 bridgehead atoms. The Morgan fingerprint density at radius 2 is 1.34 bits per heavy atom. The molecule has 2 unspecified atom stereocenters. The third kappa shape index (κ3) is 23.7. The molecule has 10 N–H and O–H groups in total. The second-order valence-corrected chi connectivity index (χ2v) is 24.2. The smallest absolute Gasteiger partial charge is 0.312 e. The molecule has 3 rings (SSSR count). The molecule has 1 aliphatic rings. The zero-order chi connectivity index (χ0) is 65.9. The molecule has 1 saturated heterocycles. The number of urea groups is 1. The second kappa shape index (κ2) is 37.6. The summed E-state index contributed by atoms with van der Waals surface area (Å²) in [7, 11) is 8.36. The van der Waals surface area contributed by atoms with Crippen LogP contribution in [0.3, 0.4) is 0 Å². The Morgan fingerprint density at radius 3 is 1.90 bits per heavy atom. The lowest BCUT2D eigenvalue weighted by Crippen LogP contribution is -2.59. The van der Waals surface area contributed by atoms with Crippen molar-refractivity contribution in [2.75, 3.05) is 53.8 Å². The number of carbonyl (C=O) groups is 10. The minimum absolute atomic E-state index is 0.00590. The van der Waals surface area contributed by atoms with E-state index in [1.54, 1.807) is 61.9 Å². The van der Waals surface area contributed by atoms with E-state index in [1.807, 2.05) is 90.9 Å². The first kappa shape index (κ1) is 75.0. The van der Waals surface area contributed by atoms with Crippen LogP contribution in [0.25, 0.3) is 0 Å². The van der Waals surface area contributed by atoms with Gasteiger partial charge in [-0.05, 0) is 93.1 Å². The molecule has 0 aliphatic carbocycles. The highest BCUT2D eigenvalue weighted by Gasteiger charge is 2.44. The van der Waals surface area contributed by atoms with E-state index in [2.05, 4.69) is 37.4 Å². The van der Waals surface area contributed by atoms with Gasteiger partial charge in [0.1, 0.15) is 24.2 Å². The third-order valence-corrected chi connectivity index (χ3v) is 16.2.